The third kappa shape index (κ3) is 2.72. The molecule has 0 saturated heterocycles. The molecule has 0 heterocycles. The van der Waals surface area contributed by atoms with Gasteiger partial charge in [0.1, 0.15) is 0 Å². The molecule has 1 aromatic carbocycles. The largest absolute Gasteiger partial charge is 0.385 e. The summed E-state index contributed by atoms with van der Waals surface area (Å²) in [4.78, 5) is 13.7. The van der Waals surface area contributed by atoms with Gasteiger partial charge in [0.05, 0.1) is 5.56 Å². The van der Waals surface area contributed by atoms with Crippen molar-refractivity contribution in [2.45, 2.75) is 13.8 Å². The quantitative estimate of drug-likeness (QED) is 0.819. The molecule has 0 saturated carbocycles. The maximum Gasteiger partial charge on any atom is 0.255 e. The van der Waals surface area contributed by atoms with Gasteiger partial charge in [0.25, 0.3) is 5.91 Å². The topological polar surface area (TPSA) is 32.3 Å². The third-order valence-corrected chi connectivity index (χ3v) is 2.35. The third-order valence-electron chi connectivity index (χ3n) is 2.35. The van der Waals surface area contributed by atoms with Crippen molar-refractivity contribution >= 4 is 11.6 Å². The van der Waals surface area contributed by atoms with E-state index in [-0.39, 0.29) is 5.91 Å². The minimum Gasteiger partial charge on any atom is -0.385 e. The van der Waals surface area contributed by atoms with Crippen LogP contribution in [0.4, 0.5) is 5.69 Å². The van der Waals surface area contributed by atoms with Gasteiger partial charge < -0.3 is 10.2 Å². The van der Waals surface area contributed by atoms with Gasteiger partial charge in [-0.15, -0.1) is 0 Å². The van der Waals surface area contributed by atoms with Crippen molar-refractivity contribution in [3.63, 3.8) is 0 Å². The lowest BCUT2D eigenvalue weighted by molar-refractivity contribution is 0.0803. The van der Waals surface area contributed by atoms with Gasteiger partial charge in [-0.3, -0.25) is 4.79 Å². The lowest BCUT2D eigenvalue weighted by Crippen LogP contribution is -2.27. The molecular formula is C12H18N2O. The van der Waals surface area contributed by atoms with Crippen LogP contribution in [-0.4, -0.2) is 30.9 Å². The fourth-order valence-electron chi connectivity index (χ4n) is 1.36. The van der Waals surface area contributed by atoms with E-state index in [0.29, 0.717) is 0 Å². The molecule has 0 aliphatic rings. The summed E-state index contributed by atoms with van der Waals surface area (Å²) in [5, 5.41) is 3.19. The lowest BCUT2D eigenvalue weighted by atomic mass is 10.1. The Balaban J connectivity index is 2.96. The number of hydrogen-bond acceptors (Lipinski definition) is 2. The number of hydrogen-bond donors (Lipinski definition) is 1. The zero-order chi connectivity index (χ0) is 11.3. The molecule has 0 atom stereocenters. The van der Waals surface area contributed by atoms with Crippen LogP contribution in [0.2, 0.25) is 0 Å². The van der Waals surface area contributed by atoms with E-state index < -0.39 is 0 Å². The SMILES string of the molecule is CCNc1ccccc1C(=O)N(C)CC. The number of nitrogens with one attached hydrogen (secondary N) is 1. The van der Waals surface area contributed by atoms with Crippen LogP contribution < -0.4 is 5.32 Å². The maximum absolute atomic E-state index is 12.0. The predicted octanol–water partition coefficient (Wildman–Crippen LogP) is 2.21. The van der Waals surface area contributed by atoms with Crippen LogP contribution in [0.3, 0.4) is 0 Å². The van der Waals surface area contributed by atoms with Gasteiger partial charge in [-0.25, -0.2) is 0 Å². The van der Waals surface area contributed by atoms with Crippen LogP contribution in [0.1, 0.15) is 24.2 Å². The zero-order valence-electron chi connectivity index (χ0n) is 9.58. The normalized spacial score (nSPS) is 9.80. The molecule has 82 valence electrons. The molecule has 1 amide bonds. The van der Waals surface area contributed by atoms with Gasteiger partial charge in [0.2, 0.25) is 0 Å². The van der Waals surface area contributed by atoms with Crippen LogP contribution in [0.5, 0.6) is 0 Å². The molecule has 0 bridgehead atoms. The number of benzene rings is 1. The maximum atomic E-state index is 12.0. The highest BCUT2D eigenvalue weighted by Gasteiger charge is 2.13. The molecule has 1 rings (SSSR count). The van der Waals surface area contributed by atoms with Gasteiger partial charge in [0, 0.05) is 25.8 Å². The van der Waals surface area contributed by atoms with Gasteiger partial charge in [-0.1, -0.05) is 12.1 Å². The Morgan fingerprint density at radius 3 is 2.60 bits per heavy atom. The summed E-state index contributed by atoms with van der Waals surface area (Å²) in [6.07, 6.45) is 0. The second kappa shape index (κ2) is 5.39. The number of para-hydroxylation sites is 1. The molecule has 0 aromatic heterocycles. The first-order valence-electron chi connectivity index (χ1n) is 5.29. The Labute approximate surface area is 91.1 Å². The molecule has 0 unspecified atom stereocenters. The number of anilines is 1. The van der Waals surface area contributed by atoms with Crippen molar-refractivity contribution in [3.8, 4) is 0 Å². The molecule has 0 radical (unpaired) electrons. The monoisotopic (exact) mass is 206 g/mol. The first-order chi connectivity index (χ1) is 7.20. The van der Waals surface area contributed by atoms with Crippen LogP contribution >= 0.6 is 0 Å². The predicted molar refractivity (Wildman–Crippen MR) is 63.2 cm³/mol. The molecule has 15 heavy (non-hydrogen) atoms. The van der Waals surface area contributed by atoms with Crippen LogP contribution in [0.15, 0.2) is 24.3 Å². The standard InChI is InChI=1S/C12H18N2O/c1-4-13-11-9-7-6-8-10(11)12(15)14(3)5-2/h6-9,13H,4-5H2,1-3H3. The lowest BCUT2D eigenvalue weighted by Gasteiger charge is -2.17. The second-order valence-electron chi connectivity index (χ2n) is 3.40. The first-order valence-corrected chi connectivity index (χ1v) is 5.29. The Morgan fingerprint density at radius 1 is 1.33 bits per heavy atom. The van der Waals surface area contributed by atoms with Gasteiger partial charge in [-0.2, -0.15) is 0 Å². The van der Waals surface area contributed by atoms with E-state index in [4.69, 9.17) is 0 Å². The van der Waals surface area contributed by atoms with Crippen LogP contribution in [0.25, 0.3) is 0 Å². The molecule has 0 fully saturated rings. The Bertz CT molecular complexity index is 336. The van der Waals surface area contributed by atoms with E-state index in [1.54, 1.807) is 4.90 Å². The average Bonchev–Trinajstić information content (AvgIpc) is 2.28. The highest BCUT2D eigenvalue weighted by Crippen LogP contribution is 2.16. The van der Waals surface area contributed by atoms with Crippen LogP contribution in [-0.2, 0) is 0 Å². The van der Waals surface area contributed by atoms with E-state index >= 15 is 0 Å². The summed E-state index contributed by atoms with van der Waals surface area (Å²) < 4.78 is 0. The fourth-order valence-corrected chi connectivity index (χ4v) is 1.36. The molecule has 0 spiro atoms. The smallest absolute Gasteiger partial charge is 0.255 e. The molecule has 1 N–H and O–H groups in total. The van der Waals surface area contributed by atoms with E-state index in [2.05, 4.69) is 5.32 Å². The molecule has 3 heteroatoms. The van der Waals surface area contributed by atoms with Gasteiger partial charge in [0.15, 0.2) is 0 Å². The van der Waals surface area contributed by atoms with E-state index in [1.807, 2.05) is 45.2 Å². The summed E-state index contributed by atoms with van der Waals surface area (Å²) in [5.41, 5.74) is 1.65. The summed E-state index contributed by atoms with van der Waals surface area (Å²) in [5.74, 6) is 0.0639. The molecular weight excluding hydrogens is 188 g/mol. The number of amides is 1. The molecule has 3 nitrogen and oxygen atoms in total. The zero-order valence-corrected chi connectivity index (χ0v) is 9.58. The summed E-state index contributed by atoms with van der Waals surface area (Å²) in [6.45, 7) is 5.53. The van der Waals surface area contributed by atoms with Crippen molar-refractivity contribution in [1.82, 2.24) is 4.90 Å². The Hall–Kier alpha value is -1.51. The molecule has 0 aliphatic carbocycles. The Kier molecular flexibility index (Phi) is 4.16. The van der Waals surface area contributed by atoms with Crippen molar-refractivity contribution < 1.29 is 4.79 Å². The van der Waals surface area contributed by atoms with Crippen molar-refractivity contribution in [2.75, 3.05) is 25.5 Å². The van der Waals surface area contributed by atoms with Crippen molar-refractivity contribution in [3.05, 3.63) is 29.8 Å². The van der Waals surface area contributed by atoms with E-state index in [0.717, 1.165) is 24.3 Å². The summed E-state index contributed by atoms with van der Waals surface area (Å²) in [6, 6.07) is 7.60. The van der Waals surface area contributed by atoms with Crippen molar-refractivity contribution in [2.24, 2.45) is 0 Å². The molecule has 1 aromatic rings. The number of rotatable bonds is 4. The summed E-state index contributed by atoms with van der Waals surface area (Å²) in [7, 11) is 1.81. The minimum absolute atomic E-state index is 0.0639. The first kappa shape index (κ1) is 11.6. The average molecular weight is 206 g/mol. The minimum atomic E-state index is 0.0639. The highest BCUT2D eigenvalue weighted by atomic mass is 16.2. The second-order valence-corrected chi connectivity index (χ2v) is 3.40. The number of nitrogens with zero attached hydrogens (tertiary/aromatic N) is 1. The molecule has 0 aliphatic heterocycles. The Morgan fingerprint density at radius 2 is 2.00 bits per heavy atom. The highest BCUT2D eigenvalue weighted by molar-refractivity contribution is 5.99. The van der Waals surface area contributed by atoms with E-state index in [9.17, 15) is 4.79 Å². The van der Waals surface area contributed by atoms with E-state index in [1.165, 1.54) is 0 Å². The van der Waals surface area contributed by atoms with Gasteiger partial charge in [-0.05, 0) is 26.0 Å². The fraction of sp³-hybridized carbons (Fsp3) is 0.417. The number of carbonyl (C=O) groups excluding carboxylic acids is 1. The van der Waals surface area contributed by atoms with Gasteiger partial charge >= 0.3 is 0 Å². The summed E-state index contributed by atoms with van der Waals surface area (Å²) >= 11 is 0. The van der Waals surface area contributed by atoms with Crippen molar-refractivity contribution in [1.29, 1.82) is 0 Å². The van der Waals surface area contributed by atoms with Crippen LogP contribution in [0, 0.1) is 0 Å². The number of carbonyl (C=O) groups is 1.